The first-order valence-corrected chi connectivity index (χ1v) is 7.63. The molecule has 0 spiro atoms. The third kappa shape index (κ3) is 3.37. The fraction of sp³-hybridized carbons (Fsp3) is 0.588. The SMILES string of the molecule is CCC(=O)c1ccccc1N1CCCC(CC)CC1. The Bertz CT molecular complexity index is 427. The summed E-state index contributed by atoms with van der Waals surface area (Å²) in [4.78, 5) is 14.5. The third-order valence-corrected chi connectivity index (χ3v) is 4.29. The van der Waals surface area contributed by atoms with E-state index in [9.17, 15) is 4.79 Å². The Hall–Kier alpha value is -1.31. The van der Waals surface area contributed by atoms with E-state index in [1.807, 2.05) is 25.1 Å². The highest BCUT2D eigenvalue weighted by atomic mass is 16.1. The zero-order chi connectivity index (χ0) is 13.7. The Morgan fingerprint density at radius 2 is 2.00 bits per heavy atom. The summed E-state index contributed by atoms with van der Waals surface area (Å²) < 4.78 is 0. The Morgan fingerprint density at radius 1 is 1.21 bits per heavy atom. The second-order valence-electron chi connectivity index (χ2n) is 5.49. The molecule has 1 aromatic rings. The molecule has 0 N–H and O–H groups in total. The minimum atomic E-state index is 0.256. The Morgan fingerprint density at radius 3 is 2.74 bits per heavy atom. The van der Waals surface area contributed by atoms with Gasteiger partial charge in [0.15, 0.2) is 5.78 Å². The lowest BCUT2D eigenvalue weighted by molar-refractivity contribution is 0.0988. The Kier molecular flexibility index (Phi) is 5.00. The van der Waals surface area contributed by atoms with Gasteiger partial charge in [0, 0.05) is 30.8 Å². The molecule has 0 amide bonds. The summed E-state index contributed by atoms with van der Waals surface area (Å²) in [7, 11) is 0. The molecule has 1 aromatic carbocycles. The van der Waals surface area contributed by atoms with E-state index in [0.717, 1.165) is 30.3 Å². The molecular weight excluding hydrogens is 234 g/mol. The van der Waals surface area contributed by atoms with Crippen molar-refractivity contribution < 1.29 is 4.79 Å². The van der Waals surface area contributed by atoms with E-state index in [1.165, 1.54) is 25.7 Å². The lowest BCUT2D eigenvalue weighted by Gasteiger charge is -2.25. The van der Waals surface area contributed by atoms with Crippen molar-refractivity contribution in [2.45, 2.75) is 46.0 Å². The fourth-order valence-electron chi connectivity index (χ4n) is 2.99. The zero-order valence-electron chi connectivity index (χ0n) is 12.2. The van der Waals surface area contributed by atoms with E-state index in [2.05, 4.69) is 17.9 Å². The van der Waals surface area contributed by atoms with Crippen molar-refractivity contribution in [3.8, 4) is 0 Å². The van der Waals surface area contributed by atoms with Crippen LogP contribution in [0, 0.1) is 5.92 Å². The molecule has 1 unspecified atom stereocenters. The van der Waals surface area contributed by atoms with Gasteiger partial charge in [-0.25, -0.2) is 0 Å². The maximum atomic E-state index is 12.1. The molecule has 2 heteroatoms. The monoisotopic (exact) mass is 259 g/mol. The van der Waals surface area contributed by atoms with Gasteiger partial charge in [-0.3, -0.25) is 4.79 Å². The normalized spacial score (nSPS) is 20.1. The molecule has 1 fully saturated rings. The molecule has 1 saturated heterocycles. The summed E-state index contributed by atoms with van der Waals surface area (Å²) in [5, 5.41) is 0. The second-order valence-corrected chi connectivity index (χ2v) is 5.49. The summed E-state index contributed by atoms with van der Waals surface area (Å²) in [6.07, 6.45) is 5.70. The molecule has 0 aromatic heterocycles. The fourth-order valence-corrected chi connectivity index (χ4v) is 2.99. The largest absolute Gasteiger partial charge is 0.371 e. The molecule has 0 saturated carbocycles. The number of rotatable bonds is 4. The van der Waals surface area contributed by atoms with E-state index in [-0.39, 0.29) is 5.78 Å². The number of hydrogen-bond donors (Lipinski definition) is 0. The van der Waals surface area contributed by atoms with Gasteiger partial charge >= 0.3 is 0 Å². The Labute approximate surface area is 116 Å². The number of ketones is 1. The Balaban J connectivity index is 2.19. The number of carbonyl (C=O) groups is 1. The van der Waals surface area contributed by atoms with Gasteiger partial charge in [0.05, 0.1) is 0 Å². The van der Waals surface area contributed by atoms with Crippen LogP contribution in [-0.2, 0) is 0 Å². The summed E-state index contributed by atoms with van der Waals surface area (Å²) in [5.74, 6) is 1.12. The summed E-state index contributed by atoms with van der Waals surface area (Å²) in [5.41, 5.74) is 2.05. The third-order valence-electron chi connectivity index (χ3n) is 4.29. The lowest BCUT2D eigenvalue weighted by Crippen LogP contribution is -2.26. The van der Waals surface area contributed by atoms with E-state index in [1.54, 1.807) is 0 Å². The number of benzene rings is 1. The van der Waals surface area contributed by atoms with Crippen molar-refractivity contribution in [1.29, 1.82) is 0 Å². The minimum absolute atomic E-state index is 0.256. The van der Waals surface area contributed by atoms with Crippen LogP contribution in [0.15, 0.2) is 24.3 Å². The smallest absolute Gasteiger partial charge is 0.164 e. The molecule has 1 aliphatic heterocycles. The predicted octanol–water partition coefficient (Wildman–Crippen LogP) is 4.30. The first-order chi connectivity index (χ1) is 9.26. The molecule has 1 atom stereocenters. The zero-order valence-corrected chi connectivity index (χ0v) is 12.2. The van der Waals surface area contributed by atoms with Gasteiger partial charge in [-0.1, -0.05) is 32.4 Å². The van der Waals surface area contributed by atoms with Crippen molar-refractivity contribution in [3.05, 3.63) is 29.8 Å². The van der Waals surface area contributed by atoms with Crippen LogP contribution >= 0.6 is 0 Å². The summed E-state index contributed by atoms with van der Waals surface area (Å²) in [6, 6.07) is 8.10. The van der Waals surface area contributed by atoms with Crippen molar-refractivity contribution in [3.63, 3.8) is 0 Å². The van der Waals surface area contributed by atoms with Crippen molar-refractivity contribution in [1.82, 2.24) is 0 Å². The van der Waals surface area contributed by atoms with E-state index in [0.29, 0.717) is 6.42 Å². The highest BCUT2D eigenvalue weighted by molar-refractivity contribution is 6.01. The molecule has 1 heterocycles. The molecule has 2 nitrogen and oxygen atoms in total. The van der Waals surface area contributed by atoms with Crippen LogP contribution in [0.3, 0.4) is 0 Å². The number of anilines is 1. The van der Waals surface area contributed by atoms with Crippen LogP contribution in [0.2, 0.25) is 0 Å². The first kappa shape index (κ1) is 14.1. The number of carbonyl (C=O) groups excluding carboxylic acids is 1. The highest BCUT2D eigenvalue weighted by Crippen LogP contribution is 2.27. The van der Waals surface area contributed by atoms with E-state index in [4.69, 9.17) is 0 Å². The summed E-state index contributed by atoms with van der Waals surface area (Å²) >= 11 is 0. The quantitative estimate of drug-likeness (QED) is 0.752. The van der Waals surface area contributed by atoms with E-state index >= 15 is 0 Å². The maximum Gasteiger partial charge on any atom is 0.164 e. The van der Waals surface area contributed by atoms with Crippen LogP contribution in [0.1, 0.15) is 56.3 Å². The maximum absolute atomic E-state index is 12.1. The van der Waals surface area contributed by atoms with Gasteiger partial charge in [0.1, 0.15) is 0 Å². The van der Waals surface area contributed by atoms with Crippen LogP contribution < -0.4 is 4.90 Å². The molecule has 19 heavy (non-hydrogen) atoms. The topological polar surface area (TPSA) is 20.3 Å². The van der Waals surface area contributed by atoms with Gasteiger partial charge in [-0.2, -0.15) is 0 Å². The molecular formula is C17H25NO. The molecule has 0 bridgehead atoms. The number of hydrogen-bond acceptors (Lipinski definition) is 2. The predicted molar refractivity (Wildman–Crippen MR) is 80.9 cm³/mol. The molecule has 2 rings (SSSR count). The first-order valence-electron chi connectivity index (χ1n) is 7.63. The van der Waals surface area contributed by atoms with Gasteiger partial charge in [0.2, 0.25) is 0 Å². The van der Waals surface area contributed by atoms with Gasteiger partial charge < -0.3 is 4.90 Å². The molecule has 1 aliphatic rings. The number of Topliss-reactive ketones (excluding diaryl/α,β-unsaturated/α-hetero) is 1. The molecule has 0 aliphatic carbocycles. The standard InChI is InChI=1S/C17H25NO/c1-3-14-8-7-12-18(13-11-14)16-10-6-5-9-15(16)17(19)4-2/h5-6,9-10,14H,3-4,7-8,11-13H2,1-2H3. The summed E-state index contributed by atoms with van der Waals surface area (Å²) in [6.45, 7) is 6.40. The van der Waals surface area contributed by atoms with Gasteiger partial charge in [0.25, 0.3) is 0 Å². The van der Waals surface area contributed by atoms with Crippen LogP contribution in [0.4, 0.5) is 5.69 Å². The minimum Gasteiger partial charge on any atom is -0.371 e. The number of nitrogens with zero attached hydrogens (tertiary/aromatic N) is 1. The van der Waals surface area contributed by atoms with Crippen molar-refractivity contribution in [2.75, 3.05) is 18.0 Å². The lowest BCUT2D eigenvalue weighted by atomic mass is 9.98. The van der Waals surface area contributed by atoms with Crippen molar-refractivity contribution in [2.24, 2.45) is 5.92 Å². The van der Waals surface area contributed by atoms with Crippen molar-refractivity contribution >= 4 is 11.5 Å². The van der Waals surface area contributed by atoms with Crippen LogP contribution in [-0.4, -0.2) is 18.9 Å². The molecule has 104 valence electrons. The van der Waals surface area contributed by atoms with E-state index < -0.39 is 0 Å². The average Bonchev–Trinajstić information content (AvgIpc) is 2.71. The number of para-hydroxylation sites is 1. The second kappa shape index (κ2) is 6.74. The van der Waals surface area contributed by atoms with Gasteiger partial charge in [-0.05, 0) is 37.3 Å². The van der Waals surface area contributed by atoms with Gasteiger partial charge in [-0.15, -0.1) is 0 Å². The molecule has 0 radical (unpaired) electrons. The van der Waals surface area contributed by atoms with Crippen LogP contribution in [0.25, 0.3) is 0 Å². The highest BCUT2D eigenvalue weighted by Gasteiger charge is 2.19. The average molecular weight is 259 g/mol. The van der Waals surface area contributed by atoms with Crippen LogP contribution in [0.5, 0.6) is 0 Å².